The van der Waals surface area contributed by atoms with Crippen LogP contribution in [0.15, 0.2) is 52.9 Å². The van der Waals surface area contributed by atoms with E-state index in [0.717, 1.165) is 28.0 Å². The highest BCUT2D eigenvalue weighted by Gasteiger charge is 2.08. The van der Waals surface area contributed by atoms with E-state index in [1.54, 1.807) is 6.21 Å². The molecule has 3 aromatic rings. The lowest BCUT2D eigenvalue weighted by Crippen LogP contribution is -1.99. The van der Waals surface area contributed by atoms with E-state index in [9.17, 15) is 8.78 Å². The normalized spacial score (nSPS) is 11.0. The van der Waals surface area contributed by atoms with Crippen molar-refractivity contribution in [3.8, 4) is 5.75 Å². The minimum atomic E-state index is -0.983. The largest absolute Gasteiger partial charge is 0.486 e. The molecule has 0 saturated heterocycles. The van der Waals surface area contributed by atoms with Crippen molar-refractivity contribution in [1.82, 2.24) is 4.98 Å². The molecule has 0 aliphatic carbocycles. The Bertz CT molecular complexity index is 896. The molecule has 0 aliphatic rings. The monoisotopic (exact) mass is 359 g/mol. The molecule has 0 saturated carbocycles. The smallest absolute Gasteiger partial charge is 0.203 e. The van der Waals surface area contributed by atoms with Gasteiger partial charge in [0.2, 0.25) is 10.9 Å². The summed E-state index contributed by atoms with van der Waals surface area (Å²) in [4.78, 5) is 4.25. The average Bonchev–Trinajstić information content (AvgIpc) is 3.02. The van der Waals surface area contributed by atoms with Crippen LogP contribution in [0.4, 0.5) is 13.9 Å². The van der Waals surface area contributed by atoms with Crippen molar-refractivity contribution >= 4 is 22.7 Å². The van der Waals surface area contributed by atoms with Crippen LogP contribution < -0.4 is 10.2 Å². The first-order valence-electron chi connectivity index (χ1n) is 7.49. The van der Waals surface area contributed by atoms with Crippen molar-refractivity contribution < 1.29 is 13.5 Å². The van der Waals surface area contributed by atoms with Gasteiger partial charge in [0.15, 0.2) is 11.6 Å². The van der Waals surface area contributed by atoms with Crippen LogP contribution >= 0.6 is 11.3 Å². The Kier molecular flexibility index (Phi) is 5.35. The molecule has 0 unspecified atom stereocenters. The third-order valence-electron chi connectivity index (χ3n) is 3.25. The average molecular weight is 359 g/mol. The highest BCUT2D eigenvalue weighted by atomic mass is 32.1. The summed E-state index contributed by atoms with van der Waals surface area (Å²) in [5.74, 6) is -2.02. The van der Waals surface area contributed by atoms with Gasteiger partial charge >= 0.3 is 0 Å². The van der Waals surface area contributed by atoms with Crippen LogP contribution in [0.3, 0.4) is 0 Å². The fourth-order valence-corrected chi connectivity index (χ4v) is 2.72. The minimum absolute atomic E-state index is 0.111. The molecule has 0 radical (unpaired) electrons. The molecule has 2 aromatic carbocycles. The van der Waals surface area contributed by atoms with Gasteiger partial charge in [-0.2, -0.15) is 9.49 Å². The van der Waals surface area contributed by atoms with Crippen molar-refractivity contribution in [1.29, 1.82) is 0 Å². The molecule has 0 spiro atoms. The Labute approximate surface area is 147 Å². The topological polar surface area (TPSA) is 46.5 Å². The zero-order valence-electron chi connectivity index (χ0n) is 13.4. The zero-order chi connectivity index (χ0) is 17.6. The lowest BCUT2D eigenvalue weighted by molar-refractivity contribution is 0.284. The van der Waals surface area contributed by atoms with Gasteiger partial charge in [-0.1, -0.05) is 24.3 Å². The van der Waals surface area contributed by atoms with Gasteiger partial charge in [0, 0.05) is 5.38 Å². The van der Waals surface area contributed by atoms with Crippen molar-refractivity contribution in [2.24, 2.45) is 5.10 Å². The van der Waals surface area contributed by atoms with Crippen LogP contribution in [-0.2, 0) is 6.61 Å². The van der Waals surface area contributed by atoms with E-state index >= 15 is 0 Å². The number of ether oxygens (including phenoxy) is 1. The maximum atomic E-state index is 13.6. The summed E-state index contributed by atoms with van der Waals surface area (Å²) in [6.45, 7) is 2.04. The highest BCUT2D eigenvalue weighted by Crippen LogP contribution is 2.20. The molecule has 128 valence electrons. The fourth-order valence-electron chi connectivity index (χ4n) is 2.09. The van der Waals surface area contributed by atoms with Gasteiger partial charge in [0.1, 0.15) is 6.61 Å². The first kappa shape index (κ1) is 17.0. The molecule has 4 nitrogen and oxygen atoms in total. The van der Waals surface area contributed by atoms with Gasteiger partial charge in [-0.15, -0.1) is 11.3 Å². The van der Waals surface area contributed by atoms with E-state index in [4.69, 9.17) is 4.74 Å². The number of thiazole rings is 1. The molecule has 7 heteroatoms. The Hall–Kier alpha value is -2.80. The molecule has 3 rings (SSSR count). The van der Waals surface area contributed by atoms with E-state index < -0.39 is 11.6 Å². The van der Waals surface area contributed by atoms with E-state index in [2.05, 4.69) is 15.5 Å². The number of aryl methyl sites for hydroxylation is 1. The Balaban J connectivity index is 1.62. The van der Waals surface area contributed by atoms with E-state index in [0.29, 0.717) is 0 Å². The third kappa shape index (κ3) is 4.60. The Morgan fingerprint density at radius 2 is 2.08 bits per heavy atom. The van der Waals surface area contributed by atoms with Gasteiger partial charge in [-0.3, -0.25) is 5.43 Å². The van der Waals surface area contributed by atoms with Crippen molar-refractivity contribution in [3.05, 3.63) is 76.3 Å². The van der Waals surface area contributed by atoms with Gasteiger partial charge in [-0.05, 0) is 36.2 Å². The Morgan fingerprint density at radius 3 is 2.88 bits per heavy atom. The molecule has 0 bridgehead atoms. The summed E-state index contributed by atoms with van der Waals surface area (Å²) in [6.07, 6.45) is 1.66. The van der Waals surface area contributed by atoms with Crippen LogP contribution in [0.5, 0.6) is 5.75 Å². The van der Waals surface area contributed by atoms with E-state index in [1.807, 2.05) is 36.6 Å². The number of anilines is 1. The predicted octanol–water partition coefficient (Wildman–Crippen LogP) is 4.75. The number of benzene rings is 2. The maximum absolute atomic E-state index is 13.6. The predicted molar refractivity (Wildman–Crippen MR) is 95.2 cm³/mol. The summed E-state index contributed by atoms with van der Waals surface area (Å²) >= 11 is 1.47. The van der Waals surface area contributed by atoms with Crippen LogP contribution in [-0.4, -0.2) is 11.2 Å². The first-order chi connectivity index (χ1) is 12.1. The number of hydrogen-bond donors (Lipinski definition) is 1. The number of halogens is 2. The lowest BCUT2D eigenvalue weighted by atomic mass is 10.1. The number of rotatable bonds is 6. The lowest BCUT2D eigenvalue weighted by Gasteiger charge is -2.08. The summed E-state index contributed by atoms with van der Waals surface area (Å²) in [6, 6.07) is 11.3. The quantitative estimate of drug-likeness (QED) is 0.510. The van der Waals surface area contributed by atoms with Gasteiger partial charge in [0.05, 0.1) is 11.9 Å². The highest BCUT2D eigenvalue weighted by molar-refractivity contribution is 7.13. The van der Waals surface area contributed by atoms with Crippen LogP contribution in [0.1, 0.15) is 16.8 Å². The minimum Gasteiger partial charge on any atom is -0.486 e. The molecule has 1 heterocycles. The Morgan fingerprint density at radius 1 is 1.24 bits per heavy atom. The molecule has 25 heavy (non-hydrogen) atoms. The van der Waals surface area contributed by atoms with Gasteiger partial charge in [0.25, 0.3) is 0 Å². The first-order valence-corrected chi connectivity index (χ1v) is 8.37. The SMILES string of the molecule is Cc1csc(NN=Cc2cccc(COc3cccc(F)c3F)c2)n1. The molecule has 0 amide bonds. The van der Waals surface area contributed by atoms with Crippen LogP contribution in [0.25, 0.3) is 0 Å². The fraction of sp³-hybridized carbons (Fsp3) is 0.111. The molecular formula is C18H15F2N3OS. The second kappa shape index (κ2) is 7.85. The summed E-state index contributed by atoms with van der Waals surface area (Å²) in [5.41, 5.74) is 5.46. The number of aromatic nitrogens is 1. The second-order valence-electron chi connectivity index (χ2n) is 5.25. The second-order valence-corrected chi connectivity index (χ2v) is 6.11. The van der Waals surface area contributed by atoms with Crippen molar-refractivity contribution in [2.45, 2.75) is 13.5 Å². The maximum Gasteiger partial charge on any atom is 0.203 e. The van der Waals surface area contributed by atoms with Crippen LogP contribution in [0.2, 0.25) is 0 Å². The molecule has 0 aliphatic heterocycles. The standard InChI is InChI=1S/C18H15F2N3OS/c1-12-11-25-18(22-12)23-21-9-13-4-2-5-14(8-13)10-24-16-7-3-6-15(19)17(16)20/h2-9,11H,10H2,1H3,(H,22,23). The molecular weight excluding hydrogens is 344 g/mol. The molecule has 1 aromatic heterocycles. The summed E-state index contributed by atoms with van der Waals surface area (Å²) in [5, 5.41) is 6.78. The zero-order valence-corrected chi connectivity index (χ0v) is 14.2. The summed E-state index contributed by atoms with van der Waals surface area (Å²) in [7, 11) is 0. The number of hydrogen-bond acceptors (Lipinski definition) is 5. The molecule has 0 atom stereocenters. The number of nitrogens with zero attached hydrogens (tertiary/aromatic N) is 2. The van der Waals surface area contributed by atoms with Crippen molar-refractivity contribution in [3.63, 3.8) is 0 Å². The number of nitrogens with one attached hydrogen (secondary N) is 1. The van der Waals surface area contributed by atoms with E-state index in [-0.39, 0.29) is 12.4 Å². The van der Waals surface area contributed by atoms with Gasteiger partial charge < -0.3 is 4.74 Å². The van der Waals surface area contributed by atoms with Crippen LogP contribution in [0, 0.1) is 18.6 Å². The summed E-state index contributed by atoms with van der Waals surface area (Å²) < 4.78 is 32.1. The van der Waals surface area contributed by atoms with E-state index in [1.165, 1.54) is 23.5 Å². The van der Waals surface area contributed by atoms with Gasteiger partial charge in [-0.25, -0.2) is 9.37 Å². The molecule has 1 N–H and O–H groups in total. The molecule has 0 fully saturated rings. The van der Waals surface area contributed by atoms with Crippen molar-refractivity contribution in [2.75, 3.05) is 5.43 Å². The third-order valence-corrected chi connectivity index (χ3v) is 4.12. The number of hydrazone groups is 1.